The number of esters is 1. The number of carbonyl (C=O) groups is 2. The van der Waals surface area contributed by atoms with Crippen LogP contribution >= 0.6 is 0 Å². The van der Waals surface area contributed by atoms with Crippen LogP contribution in [0.25, 0.3) is 0 Å². The van der Waals surface area contributed by atoms with Gasteiger partial charge in [0.05, 0.1) is 6.42 Å². The van der Waals surface area contributed by atoms with Crippen LogP contribution in [-0.2, 0) is 14.3 Å². The molecule has 0 aromatic rings. The molecule has 0 aromatic heterocycles. The average Bonchev–Trinajstić information content (AvgIpc) is 3.08. The number of piperidine rings is 1. The predicted molar refractivity (Wildman–Crippen MR) is 135 cm³/mol. The van der Waals surface area contributed by atoms with Crippen LogP contribution in [0.3, 0.4) is 0 Å². The van der Waals surface area contributed by atoms with Crippen molar-refractivity contribution >= 4 is 11.8 Å². The van der Waals surface area contributed by atoms with E-state index in [1.54, 1.807) is 5.57 Å². The lowest BCUT2D eigenvalue weighted by atomic mass is 9.47. The first-order valence-corrected chi connectivity index (χ1v) is 14.3. The SMILES string of the molecule is CC(=O)C1C(C)CC2C3CC=C4CC(OC(=O)CCN5CCCCC5)CCC4(C)C3CCC21C. The van der Waals surface area contributed by atoms with E-state index in [2.05, 4.69) is 31.7 Å². The minimum atomic E-state index is -0.00267. The van der Waals surface area contributed by atoms with Crippen LogP contribution in [0.2, 0.25) is 0 Å². The van der Waals surface area contributed by atoms with E-state index in [0.717, 1.165) is 51.2 Å². The van der Waals surface area contributed by atoms with Gasteiger partial charge in [0, 0.05) is 18.9 Å². The normalized spacial score (nSPS) is 44.4. The zero-order valence-corrected chi connectivity index (χ0v) is 22.1. The smallest absolute Gasteiger partial charge is 0.307 e. The summed E-state index contributed by atoms with van der Waals surface area (Å²) in [6, 6.07) is 0. The van der Waals surface area contributed by atoms with Crippen LogP contribution in [0.5, 0.6) is 0 Å². The maximum Gasteiger partial charge on any atom is 0.307 e. The van der Waals surface area contributed by atoms with E-state index in [0.29, 0.717) is 30.0 Å². The Balaban J connectivity index is 1.22. The molecular formula is C30H47NO3. The van der Waals surface area contributed by atoms with Gasteiger partial charge in [-0.2, -0.15) is 0 Å². The Labute approximate surface area is 207 Å². The van der Waals surface area contributed by atoms with Gasteiger partial charge in [-0.3, -0.25) is 9.59 Å². The van der Waals surface area contributed by atoms with E-state index in [-0.39, 0.29) is 28.8 Å². The third-order valence-corrected chi connectivity index (χ3v) is 11.2. The Hall–Kier alpha value is -1.16. The first kappa shape index (κ1) is 24.5. The second kappa shape index (κ2) is 9.37. The molecule has 1 aliphatic heterocycles. The highest BCUT2D eigenvalue weighted by Gasteiger charge is 2.61. The minimum absolute atomic E-state index is 0.00267. The third kappa shape index (κ3) is 4.20. The molecule has 190 valence electrons. The molecule has 1 saturated heterocycles. The van der Waals surface area contributed by atoms with Crippen LogP contribution in [0.4, 0.5) is 0 Å². The molecule has 4 fully saturated rings. The number of Topliss-reactive ketones (excluding diaryl/α,β-unsaturated/α-hetero) is 1. The van der Waals surface area contributed by atoms with Crippen molar-refractivity contribution in [3.63, 3.8) is 0 Å². The highest BCUT2D eigenvalue weighted by molar-refractivity contribution is 5.80. The van der Waals surface area contributed by atoms with Gasteiger partial charge in [-0.15, -0.1) is 0 Å². The maximum atomic E-state index is 12.6. The standard InChI is InChI=1S/C30H47NO3/c1-20-18-26-24-9-8-22-19-23(34-27(33)12-17-31-15-6-5-7-16-31)10-13-29(22,3)25(24)11-14-30(26,4)28(20)21(2)32/h8,20,23-26,28H,5-7,9-19H2,1-4H3. The molecule has 4 nitrogen and oxygen atoms in total. The molecule has 4 aliphatic carbocycles. The quantitative estimate of drug-likeness (QED) is 0.356. The van der Waals surface area contributed by atoms with E-state index in [1.165, 1.54) is 38.5 Å². The number of carbonyl (C=O) groups excluding carboxylic acids is 2. The number of hydrogen-bond acceptors (Lipinski definition) is 4. The van der Waals surface area contributed by atoms with Crippen LogP contribution in [-0.4, -0.2) is 42.4 Å². The number of hydrogen-bond donors (Lipinski definition) is 0. The van der Waals surface area contributed by atoms with Crippen molar-refractivity contribution < 1.29 is 14.3 Å². The zero-order chi connectivity index (χ0) is 24.1. The lowest BCUT2D eigenvalue weighted by molar-refractivity contribution is -0.152. The second-order valence-corrected chi connectivity index (χ2v) is 13.1. The second-order valence-electron chi connectivity index (χ2n) is 13.1. The molecule has 0 spiro atoms. The Morgan fingerprint density at radius 2 is 1.85 bits per heavy atom. The molecule has 3 saturated carbocycles. The van der Waals surface area contributed by atoms with Gasteiger partial charge in [-0.1, -0.05) is 38.8 Å². The molecule has 0 N–H and O–H groups in total. The highest BCUT2D eigenvalue weighted by atomic mass is 16.5. The van der Waals surface area contributed by atoms with Gasteiger partial charge in [0.2, 0.25) is 0 Å². The topological polar surface area (TPSA) is 46.6 Å². The molecule has 0 radical (unpaired) electrons. The molecule has 8 atom stereocenters. The van der Waals surface area contributed by atoms with Gasteiger partial charge >= 0.3 is 5.97 Å². The van der Waals surface area contributed by atoms with Crippen molar-refractivity contribution in [1.29, 1.82) is 0 Å². The van der Waals surface area contributed by atoms with Gasteiger partial charge in [0.25, 0.3) is 0 Å². The maximum absolute atomic E-state index is 12.6. The minimum Gasteiger partial charge on any atom is -0.462 e. The fourth-order valence-corrected chi connectivity index (χ4v) is 9.63. The number of ketones is 1. The van der Waals surface area contributed by atoms with E-state index < -0.39 is 0 Å². The summed E-state index contributed by atoms with van der Waals surface area (Å²) in [5, 5.41) is 0. The molecule has 1 heterocycles. The number of ether oxygens (including phenoxy) is 1. The highest BCUT2D eigenvalue weighted by Crippen LogP contribution is 2.67. The van der Waals surface area contributed by atoms with E-state index in [9.17, 15) is 9.59 Å². The first-order valence-electron chi connectivity index (χ1n) is 14.3. The summed E-state index contributed by atoms with van der Waals surface area (Å²) < 4.78 is 6.01. The molecule has 4 heteroatoms. The van der Waals surface area contributed by atoms with Crippen molar-refractivity contribution in [2.24, 2.45) is 40.4 Å². The van der Waals surface area contributed by atoms with Gasteiger partial charge in [-0.25, -0.2) is 0 Å². The third-order valence-electron chi connectivity index (χ3n) is 11.2. The summed E-state index contributed by atoms with van der Waals surface area (Å²) in [5.74, 6) is 3.28. The van der Waals surface area contributed by atoms with Crippen molar-refractivity contribution in [2.45, 2.75) is 104 Å². The summed E-state index contributed by atoms with van der Waals surface area (Å²) in [6.07, 6.45) is 14.9. The Bertz CT molecular complexity index is 829. The molecule has 34 heavy (non-hydrogen) atoms. The fourth-order valence-electron chi connectivity index (χ4n) is 9.63. The number of allylic oxidation sites excluding steroid dienone is 1. The number of nitrogens with zero attached hydrogens (tertiary/aromatic N) is 1. The molecule has 5 rings (SSSR count). The summed E-state index contributed by atoms with van der Waals surface area (Å²) in [4.78, 5) is 27.6. The van der Waals surface area contributed by atoms with Gasteiger partial charge in [-0.05, 0) is 106 Å². The van der Waals surface area contributed by atoms with E-state index >= 15 is 0 Å². The molecule has 0 amide bonds. The molecule has 8 unspecified atom stereocenters. The zero-order valence-electron chi connectivity index (χ0n) is 22.1. The van der Waals surface area contributed by atoms with Crippen molar-refractivity contribution in [3.05, 3.63) is 11.6 Å². The van der Waals surface area contributed by atoms with Crippen molar-refractivity contribution in [1.82, 2.24) is 4.90 Å². The van der Waals surface area contributed by atoms with Crippen LogP contribution in [0.1, 0.15) is 98.3 Å². The predicted octanol–water partition coefficient (Wildman–Crippen LogP) is 6.19. The van der Waals surface area contributed by atoms with E-state index in [4.69, 9.17) is 4.74 Å². The number of fused-ring (bicyclic) bond motifs is 5. The Morgan fingerprint density at radius 1 is 1.09 bits per heavy atom. The Morgan fingerprint density at radius 3 is 2.59 bits per heavy atom. The molecule has 5 aliphatic rings. The summed E-state index contributed by atoms with van der Waals surface area (Å²) in [7, 11) is 0. The lowest BCUT2D eigenvalue weighted by Crippen LogP contribution is -2.51. The van der Waals surface area contributed by atoms with Crippen LogP contribution in [0, 0.1) is 40.4 Å². The largest absolute Gasteiger partial charge is 0.462 e. The average molecular weight is 470 g/mol. The molecule has 0 aromatic carbocycles. The van der Waals surface area contributed by atoms with Gasteiger partial charge < -0.3 is 9.64 Å². The van der Waals surface area contributed by atoms with Crippen LogP contribution in [0.15, 0.2) is 11.6 Å². The first-order chi connectivity index (χ1) is 16.2. The Kier molecular flexibility index (Phi) is 6.76. The molecular weight excluding hydrogens is 422 g/mol. The fraction of sp³-hybridized carbons (Fsp3) is 0.867. The molecule has 0 bridgehead atoms. The van der Waals surface area contributed by atoms with Crippen molar-refractivity contribution in [2.75, 3.05) is 19.6 Å². The summed E-state index contributed by atoms with van der Waals surface area (Å²) in [5.41, 5.74) is 2.00. The number of rotatable bonds is 5. The van der Waals surface area contributed by atoms with Crippen molar-refractivity contribution in [3.8, 4) is 0 Å². The summed E-state index contributed by atoms with van der Waals surface area (Å²) in [6.45, 7) is 12.2. The van der Waals surface area contributed by atoms with Gasteiger partial charge in [0.15, 0.2) is 0 Å². The lowest BCUT2D eigenvalue weighted by Gasteiger charge is -2.58. The number of likely N-dealkylation sites (tertiary alicyclic amines) is 1. The summed E-state index contributed by atoms with van der Waals surface area (Å²) >= 11 is 0. The van der Waals surface area contributed by atoms with Crippen LogP contribution < -0.4 is 0 Å². The monoisotopic (exact) mass is 469 g/mol. The van der Waals surface area contributed by atoms with E-state index in [1.807, 2.05) is 6.92 Å². The van der Waals surface area contributed by atoms with Gasteiger partial charge in [0.1, 0.15) is 11.9 Å².